The van der Waals surface area contributed by atoms with Crippen LogP contribution in [0.1, 0.15) is 49.2 Å². The van der Waals surface area contributed by atoms with Crippen LogP contribution in [-0.2, 0) is 0 Å². The molecule has 0 bridgehead atoms. The van der Waals surface area contributed by atoms with Crippen molar-refractivity contribution in [2.45, 2.75) is 41.5 Å². The Balaban J connectivity index is 2.31. The number of benzene rings is 1. The van der Waals surface area contributed by atoms with E-state index in [0.29, 0.717) is 5.78 Å². The van der Waals surface area contributed by atoms with Gasteiger partial charge in [-0.1, -0.05) is 39.8 Å². The van der Waals surface area contributed by atoms with Crippen LogP contribution in [0.2, 0.25) is 0 Å². The van der Waals surface area contributed by atoms with Gasteiger partial charge in [0.2, 0.25) is 0 Å². The van der Waals surface area contributed by atoms with Gasteiger partial charge in [0.05, 0.1) is 0 Å². The van der Waals surface area contributed by atoms with Gasteiger partial charge >= 0.3 is 0 Å². The minimum absolute atomic E-state index is 0.128. The standard InChI is InChI=1S/C16H22O/c1-10-7-8-12(9-11(10)2)13(17)14-15(3,4)16(14,5)6/h7-9,14H,1-6H3. The van der Waals surface area contributed by atoms with Crippen molar-refractivity contribution < 1.29 is 4.79 Å². The average molecular weight is 230 g/mol. The Bertz CT molecular complexity index is 466. The van der Waals surface area contributed by atoms with Crippen LogP contribution in [0, 0.1) is 30.6 Å². The van der Waals surface area contributed by atoms with Gasteiger partial charge in [-0.2, -0.15) is 0 Å². The van der Waals surface area contributed by atoms with E-state index in [-0.39, 0.29) is 16.7 Å². The first-order valence-corrected chi connectivity index (χ1v) is 6.31. The van der Waals surface area contributed by atoms with Crippen molar-refractivity contribution in [2.24, 2.45) is 16.7 Å². The molecular weight excluding hydrogens is 208 g/mol. The van der Waals surface area contributed by atoms with Crippen LogP contribution in [0.25, 0.3) is 0 Å². The molecule has 1 nitrogen and oxygen atoms in total. The third-order valence-electron chi connectivity index (χ3n) is 5.07. The first kappa shape index (κ1) is 12.3. The van der Waals surface area contributed by atoms with Crippen molar-refractivity contribution in [2.75, 3.05) is 0 Å². The highest BCUT2D eigenvalue weighted by Gasteiger charge is 2.67. The summed E-state index contributed by atoms with van der Waals surface area (Å²) >= 11 is 0. The summed E-state index contributed by atoms with van der Waals surface area (Å²) in [5.41, 5.74) is 3.57. The van der Waals surface area contributed by atoms with Crippen molar-refractivity contribution in [1.82, 2.24) is 0 Å². The SMILES string of the molecule is Cc1ccc(C(=O)C2C(C)(C)C2(C)C)cc1C. The molecule has 1 aliphatic rings. The van der Waals surface area contributed by atoms with Gasteiger partial charge in [-0.25, -0.2) is 0 Å². The summed E-state index contributed by atoms with van der Waals surface area (Å²) in [6, 6.07) is 6.04. The molecule has 1 aromatic carbocycles. The zero-order chi connectivity index (χ0) is 13.0. The second kappa shape index (κ2) is 3.44. The summed E-state index contributed by atoms with van der Waals surface area (Å²) in [6.45, 7) is 12.9. The van der Waals surface area contributed by atoms with Gasteiger partial charge in [-0.3, -0.25) is 4.79 Å². The molecule has 0 spiro atoms. The number of carbonyl (C=O) groups is 1. The maximum absolute atomic E-state index is 12.5. The monoisotopic (exact) mass is 230 g/mol. The number of hydrogen-bond acceptors (Lipinski definition) is 1. The molecule has 1 saturated carbocycles. The Hall–Kier alpha value is -1.11. The first-order chi connectivity index (χ1) is 7.69. The van der Waals surface area contributed by atoms with E-state index >= 15 is 0 Å². The van der Waals surface area contributed by atoms with Crippen LogP contribution in [0.3, 0.4) is 0 Å². The summed E-state index contributed by atoms with van der Waals surface area (Å²) in [6.07, 6.45) is 0. The minimum Gasteiger partial charge on any atom is -0.294 e. The number of hydrogen-bond donors (Lipinski definition) is 0. The van der Waals surface area contributed by atoms with E-state index in [0.717, 1.165) is 5.56 Å². The Kier molecular flexibility index (Phi) is 2.50. The molecule has 1 heteroatoms. The summed E-state index contributed by atoms with van der Waals surface area (Å²) in [5, 5.41) is 0. The Morgan fingerprint density at radius 2 is 1.53 bits per heavy atom. The highest BCUT2D eigenvalue weighted by molar-refractivity contribution is 6.01. The molecule has 0 aliphatic heterocycles. The molecule has 0 N–H and O–H groups in total. The van der Waals surface area contributed by atoms with E-state index in [1.165, 1.54) is 11.1 Å². The lowest BCUT2D eigenvalue weighted by Gasteiger charge is -2.05. The van der Waals surface area contributed by atoms with Crippen molar-refractivity contribution in [1.29, 1.82) is 0 Å². The Morgan fingerprint density at radius 3 is 1.94 bits per heavy atom. The van der Waals surface area contributed by atoms with Crippen molar-refractivity contribution in [3.8, 4) is 0 Å². The lowest BCUT2D eigenvalue weighted by molar-refractivity contribution is 0.0945. The van der Waals surface area contributed by atoms with Crippen LogP contribution in [0.5, 0.6) is 0 Å². The number of Topliss-reactive ketones (excluding diaryl/α,β-unsaturated/α-hetero) is 1. The second-order valence-electron chi connectivity index (χ2n) is 6.54. The lowest BCUT2D eigenvalue weighted by atomic mass is 9.98. The van der Waals surface area contributed by atoms with Gasteiger partial charge in [0.15, 0.2) is 5.78 Å². The van der Waals surface area contributed by atoms with E-state index in [9.17, 15) is 4.79 Å². The van der Waals surface area contributed by atoms with Gasteiger partial charge < -0.3 is 0 Å². The van der Waals surface area contributed by atoms with Crippen molar-refractivity contribution in [3.63, 3.8) is 0 Å². The van der Waals surface area contributed by atoms with Gasteiger partial charge in [0.1, 0.15) is 0 Å². The topological polar surface area (TPSA) is 17.1 Å². The molecule has 1 aliphatic carbocycles. The fourth-order valence-electron chi connectivity index (χ4n) is 2.91. The van der Waals surface area contributed by atoms with E-state index in [2.05, 4.69) is 41.5 Å². The third kappa shape index (κ3) is 1.64. The van der Waals surface area contributed by atoms with Crippen molar-refractivity contribution >= 4 is 5.78 Å². The molecule has 0 aromatic heterocycles. The number of rotatable bonds is 2. The lowest BCUT2D eigenvalue weighted by Crippen LogP contribution is -2.08. The maximum Gasteiger partial charge on any atom is 0.167 e. The predicted molar refractivity (Wildman–Crippen MR) is 71.3 cm³/mol. The molecule has 17 heavy (non-hydrogen) atoms. The van der Waals surface area contributed by atoms with E-state index in [4.69, 9.17) is 0 Å². The smallest absolute Gasteiger partial charge is 0.167 e. The molecule has 0 heterocycles. The normalized spacial score (nSPS) is 21.3. The number of ketones is 1. The summed E-state index contributed by atoms with van der Waals surface area (Å²) in [4.78, 5) is 12.5. The summed E-state index contributed by atoms with van der Waals surface area (Å²) in [7, 11) is 0. The molecule has 92 valence electrons. The molecule has 0 amide bonds. The van der Waals surface area contributed by atoms with E-state index < -0.39 is 0 Å². The highest BCUT2D eigenvalue weighted by Crippen LogP contribution is 2.69. The third-order valence-corrected chi connectivity index (χ3v) is 5.07. The van der Waals surface area contributed by atoms with Gasteiger partial charge in [-0.05, 0) is 41.9 Å². The van der Waals surface area contributed by atoms with Crippen LogP contribution in [0.4, 0.5) is 0 Å². The molecular formula is C16H22O. The average Bonchev–Trinajstić information content (AvgIpc) is 2.61. The Labute approximate surface area is 104 Å². The van der Waals surface area contributed by atoms with Gasteiger partial charge in [-0.15, -0.1) is 0 Å². The molecule has 0 saturated heterocycles. The number of carbonyl (C=O) groups excluding carboxylic acids is 1. The Morgan fingerprint density at radius 1 is 1.00 bits per heavy atom. The van der Waals surface area contributed by atoms with E-state index in [1.807, 2.05) is 18.2 Å². The van der Waals surface area contributed by atoms with Gasteiger partial charge in [0.25, 0.3) is 0 Å². The largest absolute Gasteiger partial charge is 0.294 e. The molecule has 1 aromatic rings. The molecule has 1 fully saturated rings. The van der Waals surface area contributed by atoms with Crippen LogP contribution >= 0.6 is 0 Å². The zero-order valence-corrected chi connectivity index (χ0v) is 11.7. The quantitative estimate of drug-likeness (QED) is 0.697. The summed E-state index contributed by atoms with van der Waals surface area (Å²) < 4.78 is 0. The number of aryl methyl sites for hydroxylation is 2. The highest BCUT2D eigenvalue weighted by atomic mass is 16.1. The van der Waals surface area contributed by atoms with Crippen LogP contribution in [0.15, 0.2) is 18.2 Å². The molecule has 2 rings (SSSR count). The second-order valence-corrected chi connectivity index (χ2v) is 6.54. The fraction of sp³-hybridized carbons (Fsp3) is 0.562. The summed E-state index contributed by atoms with van der Waals surface area (Å²) in [5.74, 6) is 0.472. The molecule has 0 atom stereocenters. The zero-order valence-electron chi connectivity index (χ0n) is 11.7. The van der Waals surface area contributed by atoms with Crippen molar-refractivity contribution in [3.05, 3.63) is 34.9 Å². The van der Waals surface area contributed by atoms with E-state index in [1.54, 1.807) is 0 Å². The predicted octanol–water partition coefficient (Wildman–Crippen LogP) is 4.17. The molecule has 0 unspecified atom stereocenters. The minimum atomic E-state index is 0.128. The van der Waals surface area contributed by atoms with Crippen LogP contribution in [-0.4, -0.2) is 5.78 Å². The fourth-order valence-corrected chi connectivity index (χ4v) is 2.91. The first-order valence-electron chi connectivity index (χ1n) is 6.31. The maximum atomic E-state index is 12.5. The van der Waals surface area contributed by atoms with Crippen LogP contribution < -0.4 is 0 Å². The molecule has 0 radical (unpaired) electrons. The van der Waals surface area contributed by atoms with Gasteiger partial charge in [0, 0.05) is 11.5 Å².